The van der Waals surface area contributed by atoms with Crippen molar-refractivity contribution in [3.8, 4) is 0 Å². The monoisotopic (exact) mass is 206 g/mol. The summed E-state index contributed by atoms with van der Waals surface area (Å²) >= 11 is 0. The molecule has 0 aliphatic carbocycles. The molecule has 4 atom stereocenters. The van der Waals surface area contributed by atoms with Gasteiger partial charge in [-0.1, -0.05) is 0 Å². The highest BCUT2D eigenvalue weighted by molar-refractivity contribution is 6.40. The quantitative estimate of drug-likeness (QED) is 0.373. The fraction of sp³-hybridized carbons (Fsp3) is 0.750. The average Bonchev–Trinajstić information content (AvgIpc) is 2.12. The molecule has 6 heteroatoms. The number of hydrogen-bond acceptors (Lipinski definition) is 6. The lowest BCUT2D eigenvalue weighted by atomic mass is 10.0. The maximum Gasteiger partial charge on any atom is 0.232 e. The molecule has 4 unspecified atom stereocenters. The van der Waals surface area contributed by atoms with Gasteiger partial charge in [-0.2, -0.15) is 0 Å². The first-order valence-electron chi connectivity index (χ1n) is 4.09. The van der Waals surface area contributed by atoms with Crippen molar-refractivity contribution in [3.63, 3.8) is 0 Å². The molecule has 0 rings (SSSR count). The van der Waals surface area contributed by atoms with Gasteiger partial charge in [0.25, 0.3) is 0 Å². The number of carbonyl (C=O) groups excluding carboxylic acids is 2. The Hall–Kier alpha value is -0.820. The highest BCUT2D eigenvalue weighted by Crippen LogP contribution is 2.01. The molecule has 0 radical (unpaired) electrons. The van der Waals surface area contributed by atoms with Gasteiger partial charge in [-0.05, 0) is 13.8 Å². The van der Waals surface area contributed by atoms with Crippen molar-refractivity contribution in [2.45, 2.75) is 38.3 Å². The van der Waals surface area contributed by atoms with Crippen molar-refractivity contribution in [3.05, 3.63) is 0 Å². The van der Waals surface area contributed by atoms with Gasteiger partial charge in [-0.15, -0.1) is 0 Å². The third-order valence-corrected chi connectivity index (χ3v) is 1.69. The van der Waals surface area contributed by atoms with Crippen LogP contribution in [-0.2, 0) is 9.59 Å². The lowest BCUT2D eigenvalue weighted by molar-refractivity contribution is -0.151. The third-order valence-electron chi connectivity index (χ3n) is 1.69. The Kier molecular flexibility index (Phi) is 4.86. The second kappa shape index (κ2) is 5.16. The summed E-state index contributed by atoms with van der Waals surface area (Å²) in [6.45, 7) is 2.26. The van der Waals surface area contributed by atoms with Crippen LogP contribution in [0.5, 0.6) is 0 Å². The molecule has 0 saturated heterocycles. The third kappa shape index (κ3) is 3.15. The molecular weight excluding hydrogens is 192 g/mol. The second-order valence-corrected chi connectivity index (χ2v) is 3.10. The van der Waals surface area contributed by atoms with E-state index in [1.807, 2.05) is 0 Å². The van der Waals surface area contributed by atoms with Gasteiger partial charge in [-0.3, -0.25) is 9.59 Å². The summed E-state index contributed by atoms with van der Waals surface area (Å²) in [7, 11) is 0. The minimum atomic E-state index is -1.86. The van der Waals surface area contributed by atoms with Gasteiger partial charge >= 0.3 is 0 Å². The fourth-order valence-electron chi connectivity index (χ4n) is 0.730. The van der Waals surface area contributed by atoms with E-state index in [4.69, 9.17) is 20.4 Å². The van der Waals surface area contributed by atoms with E-state index in [1.165, 1.54) is 0 Å². The number of hydrogen-bond donors (Lipinski definition) is 4. The molecule has 0 aliphatic heterocycles. The van der Waals surface area contributed by atoms with E-state index in [1.54, 1.807) is 0 Å². The molecule has 0 fully saturated rings. The smallest absolute Gasteiger partial charge is 0.232 e. The zero-order valence-corrected chi connectivity index (χ0v) is 7.91. The summed E-state index contributed by atoms with van der Waals surface area (Å²) < 4.78 is 0. The molecule has 0 amide bonds. The maximum absolute atomic E-state index is 11.0. The number of rotatable bonds is 5. The highest BCUT2D eigenvalue weighted by Gasteiger charge is 2.33. The van der Waals surface area contributed by atoms with Crippen molar-refractivity contribution in [1.29, 1.82) is 0 Å². The summed E-state index contributed by atoms with van der Waals surface area (Å²) in [5.74, 6) is -2.62. The molecule has 0 aromatic rings. The second-order valence-electron chi connectivity index (χ2n) is 3.10. The van der Waals surface area contributed by atoms with E-state index in [2.05, 4.69) is 0 Å². The van der Waals surface area contributed by atoms with Crippen molar-refractivity contribution < 1.29 is 30.0 Å². The predicted octanol–water partition coefficient (Wildman–Crippen LogP) is -2.39. The van der Waals surface area contributed by atoms with E-state index in [0.29, 0.717) is 0 Å². The van der Waals surface area contributed by atoms with Crippen LogP contribution in [0.1, 0.15) is 13.8 Å². The van der Waals surface area contributed by atoms with Crippen molar-refractivity contribution in [1.82, 2.24) is 0 Å². The summed E-state index contributed by atoms with van der Waals surface area (Å²) in [6, 6.07) is 0. The summed E-state index contributed by atoms with van der Waals surface area (Å²) in [5.41, 5.74) is 0. The molecular formula is C8H14O6. The van der Waals surface area contributed by atoms with Crippen LogP contribution in [0, 0.1) is 0 Å². The van der Waals surface area contributed by atoms with Crippen molar-refractivity contribution in [2.24, 2.45) is 0 Å². The predicted molar refractivity (Wildman–Crippen MR) is 45.4 cm³/mol. The molecule has 4 N–H and O–H groups in total. The highest BCUT2D eigenvalue weighted by atomic mass is 16.3. The largest absolute Gasteiger partial charge is 0.390 e. The summed E-state index contributed by atoms with van der Waals surface area (Å²) in [6.07, 6.45) is -6.52. The van der Waals surface area contributed by atoms with E-state index in [-0.39, 0.29) is 0 Å². The van der Waals surface area contributed by atoms with Crippen LogP contribution in [0.3, 0.4) is 0 Å². The molecule has 0 aliphatic rings. The molecule has 0 saturated carbocycles. The molecule has 0 aromatic heterocycles. The van der Waals surface area contributed by atoms with Gasteiger partial charge in [0.15, 0.2) is 0 Å². The fourth-order valence-corrected chi connectivity index (χ4v) is 0.730. The Morgan fingerprint density at radius 1 is 0.786 bits per heavy atom. The molecule has 0 heterocycles. The van der Waals surface area contributed by atoms with Crippen LogP contribution < -0.4 is 0 Å². The first-order valence-corrected chi connectivity index (χ1v) is 4.09. The van der Waals surface area contributed by atoms with Crippen LogP contribution in [-0.4, -0.2) is 56.4 Å². The van der Waals surface area contributed by atoms with Crippen LogP contribution in [0.4, 0.5) is 0 Å². The SMILES string of the molecule is CC(O)C(O)C(=O)C(=O)C(O)C(C)O. The molecule has 0 spiro atoms. The topological polar surface area (TPSA) is 115 Å². The van der Waals surface area contributed by atoms with Gasteiger partial charge in [0.2, 0.25) is 11.6 Å². The standard InChI is InChI=1S/C8H14O6/c1-3(9)5(11)7(13)8(14)6(12)4(2)10/h3-6,9-12H,1-2H3. The van der Waals surface area contributed by atoms with Gasteiger partial charge in [0, 0.05) is 0 Å². The molecule has 0 aromatic carbocycles. The van der Waals surface area contributed by atoms with Gasteiger partial charge in [-0.25, -0.2) is 0 Å². The van der Waals surface area contributed by atoms with Crippen molar-refractivity contribution >= 4 is 11.6 Å². The average molecular weight is 206 g/mol. The Morgan fingerprint density at radius 2 is 1.00 bits per heavy atom. The van der Waals surface area contributed by atoms with Crippen LogP contribution >= 0.6 is 0 Å². The van der Waals surface area contributed by atoms with E-state index in [9.17, 15) is 9.59 Å². The number of ketones is 2. The van der Waals surface area contributed by atoms with Crippen LogP contribution in [0.2, 0.25) is 0 Å². The first kappa shape index (κ1) is 13.2. The Morgan fingerprint density at radius 3 is 1.14 bits per heavy atom. The van der Waals surface area contributed by atoms with Crippen LogP contribution in [0.15, 0.2) is 0 Å². The number of aliphatic hydroxyl groups is 4. The zero-order chi connectivity index (χ0) is 11.5. The van der Waals surface area contributed by atoms with E-state index >= 15 is 0 Å². The number of carbonyl (C=O) groups is 2. The van der Waals surface area contributed by atoms with Gasteiger partial charge < -0.3 is 20.4 Å². The molecule has 6 nitrogen and oxygen atoms in total. The minimum absolute atomic E-state index is 1.13. The molecule has 14 heavy (non-hydrogen) atoms. The zero-order valence-electron chi connectivity index (χ0n) is 7.91. The van der Waals surface area contributed by atoms with Gasteiger partial charge in [0.05, 0.1) is 12.2 Å². The molecule has 0 bridgehead atoms. The number of Topliss-reactive ketones (excluding diaryl/α,β-unsaturated/α-hetero) is 2. The summed E-state index contributed by atoms with van der Waals surface area (Å²) in [4.78, 5) is 22.0. The van der Waals surface area contributed by atoms with Crippen molar-refractivity contribution in [2.75, 3.05) is 0 Å². The maximum atomic E-state index is 11.0. The lowest BCUT2D eigenvalue weighted by Crippen LogP contribution is -2.44. The lowest BCUT2D eigenvalue weighted by Gasteiger charge is -2.15. The minimum Gasteiger partial charge on any atom is -0.390 e. The van der Waals surface area contributed by atoms with E-state index in [0.717, 1.165) is 13.8 Å². The van der Waals surface area contributed by atoms with E-state index < -0.39 is 36.0 Å². The van der Waals surface area contributed by atoms with Gasteiger partial charge in [0.1, 0.15) is 12.2 Å². The Labute approximate surface area is 80.8 Å². The Balaban J connectivity index is 4.48. The Bertz CT molecular complexity index is 198. The molecule has 82 valence electrons. The van der Waals surface area contributed by atoms with Crippen LogP contribution in [0.25, 0.3) is 0 Å². The summed E-state index contributed by atoms with van der Waals surface area (Å²) in [5, 5.41) is 35.6. The first-order chi connectivity index (χ1) is 6.29. The normalized spacial score (nSPS) is 19.6. The number of aliphatic hydroxyl groups excluding tert-OH is 4.